The van der Waals surface area contributed by atoms with E-state index in [0.717, 1.165) is 53.7 Å². The van der Waals surface area contributed by atoms with Crippen molar-refractivity contribution >= 4 is 23.1 Å². The lowest BCUT2D eigenvalue weighted by Crippen LogP contribution is -2.33. The predicted molar refractivity (Wildman–Crippen MR) is 122 cm³/mol. The second-order valence-electron chi connectivity index (χ2n) is 7.67. The number of likely N-dealkylation sites (tertiary alicyclic amines) is 1. The maximum absolute atomic E-state index is 12.6. The van der Waals surface area contributed by atoms with Crippen LogP contribution in [0, 0.1) is 6.92 Å². The molecule has 160 valence electrons. The van der Waals surface area contributed by atoms with Gasteiger partial charge in [-0.2, -0.15) is 0 Å². The zero-order chi connectivity index (χ0) is 21.6. The fourth-order valence-electron chi connectivity index (χ4n) is 3.93. The van der Waals surface area contributed by atoms with E-state index in [1.807, 2.05) is 55.5 Å². The van der Waals surface area contributed by atoms with Crippen LogP contribution in [-0.2, 0) is 4.79 Å². The summed E-state index contributed by atoms with van der Waals surface area (Å²) in [6, 6.07) is 17.3. The molecule has 0 saturated carbocycles. The summed E-state index contributed by atoms with van der Waals surface area (Å²) in [4.78, 5) is 24.0. The Morgan fingerprint density at radius 3 is 2.74 bits per heavy atom. The Bertz CT molecular complexity index is 1020. The van der Waals surface area contributed by atoms with Crippen molar-refractivity contribution in [3.8, 4) is 5.75 Å². The Morgan fingerprint density at radius 1 is 1.16 bits per heavy atom. The molecule has 3 aromatic rings. The molecule has 3 heterocycles. The number of amides is 1. The minimum atomic E-state index is -0.0310. The molecular weight excluding hydrogens is 390 g/mol. The maximum atomic E-state index is 12.6. The van der Waals surface area contributed by atoms with Crippen molar-refractivity contribution in [2.45, 2.75) is 25.8 Å². The summed E-state index contributed by atoms with van der Waals surface area (Å²) in [6.45, 7) is 3.19. The van der Waals surface area contributed by atoms with E-state index in [4.69, 9.17) is 9.72 Å². The summed E-state index contributed by atoms with van der Waals surface area (Å²) < 4.78 is 5.16. The van der Waals surface area contributed by atoms with Crippen LogP contribution < -0.4 is 15.4 Å². The number of hydrogen-bond donors (Lipinski definition) is 2. The van der Waals surface area contributed by atoms with Crippen LogP contribution in [0.1, 0.15) is 30.3 Å². The molecule has 2 N–H and O–H groups in total. The molecule has 7 heteroatoms. The number of carbonyl (C=O) groups is 1. The largest absolute Gasteiger partial charge is 0.497 e. The first kappa shape index (κ1) is 20.8. The Kier molecular flexibility index (Phi) is 6.43. The van der Waals surface area contributed by atoms with Gasteiger partial charge in [-0.25, -0.2) is 4.98 Å². The molecule has 1 aromatic carbocycles. The molecular formula is C24H27N5O2. The number of aromatic nitrogens is 2. The average Bonchev–Trinajstić information content (AvgIpc) is 3.22. The van der Waals surface area contributed by atoms with Crippen LogP contribution in [0.2, 0.25) is 0 Å². The van der Waals surface area contributed by atoms with Crippen LogP contribution in [0.25, 0.3) is 0 Å². The van der Waals surface area contributed by atoms with E-state index in [-0.39, 0.29) is 11.9 Å². The minimum absolute atomic E-state index is 0.0310. The highest BCUT2D eigenvalue weighted by molar-refractivity contribution is 5.92. The van der Waals surface area contributed by atoms with E-state index in [0.29, 0.717) is 6.54 Å². The van der Waals surface area contributed by atoms with Crippen LogP contribution in [0.4, 0.5) is 17.2 Å². The fourth-order valence-corrected chi connectivity index (χ4v) is 3.93. The maximum Gasteiger partial charge on any atom is 0.238 e. The van der Waals surface area contributed by atoms with Gasteiger partial charge in [-0.15, -0.1) is 0 Å². The summed E-state index contributed by atoms with van der Waals surface area (Å²) in [6.07, 6.45) is 3.78. The molecule has 1 amide bonds. The van der Waals surface area contributed by atoms with Crippen molar-refractivity contribution in [3.05, 3.63) is 72.2 Å². The van der Waals surface area contributed by atoms with Crippen LogP contribution in [0.5, 0.6) is 5.75 Å². The normalized spacial score (nSPS) is 16.1. The third-order valence-electron chi connectivity index (χ3n) is 5.34. The number of aryl methyl sites for hydroxylation is 1. The number of hydrogen-bond acceptors (Lipinski definition) is 6. The minimum Gasteiger partial charge on any atom is -0.497 e. The Hall–Kier alpha value is -3.45. The van der Waals surface area contributed by atoms with E-state index in [1.165, 1.54) is 0 Å². The Labute approximate surface area is 182 Å². The van der Waals surface area contributed by atoms with Gasteiger partial charge in [0.1, 0.15) is 11.6 Å². The first-order valence-corrected chi connectivity index (χ1v) is 10.5. The lowest BCUT2D eigenvalue weighted by atomic mass is 10.1. The number of ether oxygens (including phenoxy) is 1. The van der Waals surface area contributed by atoms with E-state index in [2.05, 4.69) is 26.6 Å². The number of rotatable bonds is 7. The van der Waals surface area contributed by atoms with Crippen molar-refractivity contribution in [1.82, 2.24) is 14.9 Å². The molecule has 31 heavy (non-hydrogen) atoms. The van der Waals surface area contributed by atoms with Crippen LogP contribution >= 0.6 is 0 Å². The van der Waals surface area contributed by atoms with Gasteiger partial charge in [-0.05, 0) is 74.8 Å². The van der Waals surface area contributed by atoms with Gasteiger partial charge in [0.2, 0.25) is 5.91 Å². The van der Waals surface area contributed by atoms with Gasteiger partial charge < -0.3 is 15.4 Å². The molecule has 7 nitrogen and oxygen atoms in total. The lowest BCUT2D eigenvalue weighted by Gasteiger charge is -2.24. The highest BCUT2D eigenvalue weighted by Crippen LogP contribution is 2.32. The van der Waals surface area contributed by atoms with Crippen LogP contribution in [-0.4, -0.2) is 41.0 Å². The highest BCUT2D eigenvalue weighted by Gasteiger charge is 2.29. The number of nitrogens with zero attached hydrogens (tertiary/aromatic N) is 3. The zero-order valence-electron chi connectivity index (χ0n) is 17.8. The van der Waals surface area contributed by atoms with E-state index >= 15 is 0 Å². The molecule has 0 aliphatic carbocycles. The zero-order valence-corrected chi connectivity index (χ0v) is 17.8. The Morgan fingerprint density at radius 2 is 2.00 bits per heavy atom. The molecule has 1 aliphatic heterocycles. The van der Waals surface area contributed by atoms with Crippen LogP contribution in [0.3, 0.4) is 0 Å². The van der Waals surface area contributed by atoms with Crippen molar-refractivity contribution in [3.63, 3.8) is 0 Å². The third kappa shape index (κ3) is 5.38. The topological polar surface area (TPSA) is 79.4 Å². The van der Waals surface area contributed by atoms with E-state index in [1.54, 1.807) is 13.3 Å². The van der Waals surface area contributed by atoms with Crippen molar-refractivity contribution in [1.29, 1.82) is 0 Å². The second-order valence-corrected chi connectivity index (χ2v) is 7.67. The number of methoxy groups -OCH3 is 1. The summed E-state index contributed by atoms with van der Waals surface area (Å²) in [5.74, 6) is 1.52. The first-order valence-electron chi connectivity index (χ1n) is 10.5. The molecule has 4 rings (SSSR count). The molecule has 0 bridgehead atoms. The number of nitrogens with one attached hydrogen (secondary N) is 2. The molecule has 1 atom stereocenters. The molecule has 1 saturated heterocycles. The Balaban J connectivity index is 1.44. The van der Waals surface area contributed by atoms with Crippen molar-refractivity contribution in [2.24, 2.45) is 0 Å². The standard InChI is InChI=1S/C24H27N5O2/c1-17-14-19(27-23-7-3-4-12-25-23)15-21(26-17)22-6-5-13-29(22)16-24(30)28-18-8-10-20(31-2)11-9-18/h3-4,7-12,14-15,22H,5-6,13,16H2,1-2H3,(H,28,30)(H,25,26,27). The quantitative estimate of drug-likeness (QED) is 0.596. The predicted octanol–water partition coefficient (Wildman–Crippen LogP) is 4.31. The van der Waals surface area contributed by atoms with Gasteiger partial charge in [0.25, 0.3) is 0 Å². The molecule has 1 unspecified atom stereocenters. The van der Waals surface area contributed by atoms with Gasteiger partial charge in [0.05, 0.1) is 25.4 Å². The summed E-state index contributed by atoms with van der Waals surface area (Å²) in [7, 11) is 1.62. The van der Waals surface area contributed by atoms with Gasteiger partial charge in [0, 0.05) is 23.3 Å². The number of anilines is 3. The fraction of sp³-hybridized carbons (Fsp3) is 0.292. The van der Waals surface area contributed by atoms with E-state index in [9.17, 15) is 4.79 Å². The number of pyridine rings is 2. The number of benzene rings is 1. The number of carbonyl (C=O) groups excluding carboxylic acids is 1. The van der Waals surface area contributed by atoms with Crippen molar-refractivity contribution < 1.29 is 9.53 Å². The van der Waals surface area contributed by atoms with Gasteiger partial charge in [0.15, 0.2) is 0 Å². The van der Waals surface area contributed by atoms with Crippen molar-refractivity contribution in [2.75, 3.05) is 30.8 Å². The van der Waals surface area contributed by atoms with Gasteiger partial charge in [-0.1, -0.05) is 6.07 Å². The summed E-state index contributed by atoms with van der Waals surface area (Å²) in [5, 5.41) is 6.32. The highest BCUT2D eigenvalue weighted by atomic mass is 16.5. The van der Waals surface area contributed by atoms with Gasteiger partial charge >= 0.3 is 0 Å². The van der Waals surface area contributed by atoms with Gasteiger partial charge in [-0.3, -0.25) is 14.7 Å². The monoisotopic (exact) mass is 417 g/mol. The smallest absolute Gasteiger partial charge is 0.238 e. The summed E-state index contributed by atoms with van der Waals surface area (Å²) >= 11 is 0. The SMILES string of the molecule is COc1ccc(NC(=O)CN2CCCC2c2cc(Nc3ccccn3)cc(C)n2)cc1. The molecule has 1 aliphatic rings. The second kappa shape index (κ2) is 9.57. The molecule has 0 radical (unpaired) electrons. The lowest BCUT2D eigenvalue weighted by molar-refractivity contribution is -0.117. The molecule has 0 spiro atoms. The first-order chi connectivity index (χ1) is 15.1. The van der Waals surface area contributed by atoms with Crippen LogP contribution in [0.15, 0.2) is 60.8 Å². The third-order valence-corrected chi connectivity index (χ3v) is 5.34. The summed E-state index contributed by atoms with van der Waals surface area (Å²) in [5.41, 5.74) is 3.63. The average molecular weight is 418 g/mol. The molecule has 2 aromatic heterocycles. The van der Waals surface area contributed by atoms with E-state index < -0.39 is 0 Å². The molecule has 1 fully saturated rings.